The standard InChI is InChI=1S/C24H42O15/c1-19(25)11-31-7-9-38-21(13-33-3-5-35-17-23(27)28)15-37-16-22(39-10-8-32-12-20(2)26)14-34-4-6-36-18-24(29)30/h21-22H,3-18H2,1-2H3,(H,27,28)(H,29,30). The second-order valence-electron chi connectivity index (χ2n) is 8.07. The fourth-order valence-electron chi connectivity index (χ4n) is 2.58. The number of ketones is 2. The first kappa shape index (κ1) is 36.9. The molecule has 0 aromatic rings. The van der Waals surface area contributed by atoms with Crippen LogP contribution in [0.5, 0.6) is 0 Å². The molecule has 0 aromatic carbocycles. The van der Waals surface area contributed by atoms with Crippen molar-refractivity contribution in [1.82, 2.24) is 0 Å². The molecule has 0 saturated carbocycles. The van der Waals surface area contributed by atoms with E-state index in [2.05, 4.69) is 0 Å². The fourth-order valence-corrected chi connectivity index (χ4v) is 2.58. The van der Waals surface area contributed by atoms with Crippen LogP contribution in [0, 0.1) is 0 Å². The lowest BCUT2D eigenvalue weighted by Gasteiger charge is -2.22. The van der Waals surface area contributed by atoms with Crippen LogP contribution in [-0.4, -0.2) is 152 Å². The van der Waals surface area contributed by atoms with Gasteiger partial charge in [-0.25, -0.2) is 9.59 Å². The normalized spacial score (nSPS) is 12.8. The molecule has 0 saturated heterocycles. The van der Waals surface area contributed by atoms with E-state index in [0.717, 1.165) is 0 Å². The quantitative estimate of drug-likeness (QED) is 0.102. The van der Waals surface area contributed by atoms with Crippen LogP contribution in [-0.2, 0) is 61.8 Å². The Hall–Kier alpha value is -2.08. The topological polar surface area (TPSA) is 192 Å². The highest BCUT2D eigenvalue weighted by molar-refractivity contribution is 5.77. The predicted octanol–water partition coefficient (Wildman–Crippen LogP) is -0.780. The van der Waals surface area contributed by atoms with Crippen LogP contribution in [0.4, 0.5) is 0 Å². The third-order valence-corrected chi connectivity index (χ3v) is 4.18. The Bertz CT molecular complexity index is 603. The largest absolute Gasteiger partial charge is 0.480 e. The van der Waals surface area contributed by atoms with Crippen LogP contribution >= 0.6 is 0 Å². The van der Waals surface area contributed by atoms with Crippen molar-refractivity contribution in [2.45, 2.75) is 26.1 Å². The summed E-state index contributed by atoms with van der Waals surface area (Å²) in [6.45, 7) is 3.70. The maximum absolute atomic E-state index is 11.0. The Morgan fingerprint density at radius 1 is 0.462 bits per heavy atom. The number of hydrogen-bond acceptors (Lipinski definition) is 13. The second kappa shape index (κ2) is 26.2. The Labute approximate surface area is 227 Å². The number of carboxylic acids is 2. The van der Waals surface area contributed by atoms with Crippen molar-refractivity contribution in [2.75, 3.05) is 106 Å². The second-order valence-corrected chi connectivity index (χ2v) is 8.07. The Morgan fingerprint density at radius 2 is 0.769 bits per heavy atom. The minimum Gasteiger partial charge on any atom is -0.480 e. The molecule has 2 N–H and O–H groups in total. The lowest BCUT2D eigenvalue weighted by atomic mass is 10.3. The van der Waals surface area contributed by atoms with E-state index in [-0.39, 0.29) is 104 Å². The van der Waals surface area contributed by atoms with Crippen LogP contribution < -0.4 is 0 Å². The highest BCUT2D eigenvalue weighted by atomic mass is 16.6. The molecular formula is C24H42O15. The van der Waals surface area contributed by atoms with Gasteiger partial charge in [0.2, 0.25) is 0 Å². The summed E-state index contributed by atoms with van der Waals surface area (Å²) in [5, 5.41) is 17.2. The maximum Gasteiger partial charge on any atom is 0.329 e. The van der Waals surface area contributed by atoms with E-state index in [0.29, 0.717) is 0 Å². The predicted molar refractivity (Wildman–Crippen MR) is 132 cm³/mol. The van der Waals surface area contributed by atoms with Crippen LogP contribution in [0.15, 0.2) is 0 Å². The number of aliphatic carboxylic acids is 2. The van der Waals surface area contributed by atoms with Crippen LogP contribution in [0.1, 0.15) is 13.8 Å². The van der Waals surface area contributed by atoms with Crippen molar-refractivity contribution >= 4 is 23.5 Å². The van der Waals surface area contributed by atoms with Gasteiger partial charge in [-0.05, 0) is 13.8 Å². The first-order valence-electron chi connectivity index (χ1n) is 12.4. The number of rotatable bonds is 30. The molecule has 0 bridgehead atoms. The zero-order chi connectivity index (χ0) is 29.1. The van der Waals surface area contributed by atoms with Gasteiger partial charge in [0, 0.05) is 0 Å². The zero-order valence-corrected chi connectivity index (χ0v) is 22.7. The van der Waals surface area contributed by atoms with Crippen molar-refractivity contribution in [1.29, 1.82) is 0 Å². The van der Waals surface area contributed by atoms with Gasteiger partial charge in [-0.15, -0.1) is 0 Å². The molecule has 2 unspecified atom stereocenters. The molecule has 228 valence electrons. The Morgan fingerprint density at radius 3 is 1.13 bits per heavy atom. The molecule has 0 radical (unpaired) electrons. The molecular weight excluding hydrogens is 528 g/mol. The van der Waals surface area contributed by atoms with Gasteiger partial charge in [-0.2, -0.15) is 0 Å². The third kappa shape index (κ3) is 28.7. The van der Waals surface area contributed by atoms with Gasteiger partial charge in [-0.3, -0.25) is 9.59 Å². The van der Waals surface area contributed by atoms with Crippen molar-refractivity contribution in [3.63, 3.8) is 0 Å². The molecule has 0 aromatic heterocycles. The van der Waals surface area contributed by atoms with E-state index in [1.165, 1.54) is 13.8 Å². The van der Waals surface area contributed by atoms with Gasteiger partial charge in [0.05, 0.1) is 79.3 Å². The molecule has 0 aliphatic heterocycles. The van der Waals surface area contributed by atoms with Crippen molar-refractivity contribution in [3.05, 3.63) is 0 Å². The van der Waals surface area contributed by atoms with Gasteiger partial charge in [0.1, 0.15) is 38.6 Å². The van der Waals surface area contributed by atoms with E-state index in [4.69, 9.17) is 52.8 Å². The summed E-state index contributed by atoms with van der Waals surface area (Å²) in [6.07, 6.45) is -1.01. The summed E-state index contributed by atoms with van der Waals surface area (Å²) in [6, 6.07) is 0. The summed E-state index contributed by atoms with van der Waals surface area (Å²) < 4.78 is 48.4. The van der Waals surface area contributed by atoms with Crippen LogP contribution in [0.25, 0.3) is 0 Å². The number of carbonyl (C=O) groups excluding carboxylic acids is 2. The highest BCUT2D eigenvalue weighted by Gasteiger charge is 2.15. The number of hydrogen-bond donors (Lipinski definition) is 2. The van der Waals surface area contributed by atoms with E-state index < -0.39 is 37.4 Å². The summed E-state index contributed by atoms with van der Waals surface area (Å²) in [7, 11) is 0. The lowest BCUT2D eigenvalue weighted by molar-refractivity contribution is -0.143. The molecule has 0 aliphatic carbocycles. The van der Waals surface area contributed by atoms with Crippen LogP contribution in [0.3, 0.4) is 0 Å². The molecule has 2 atom stereocenters. The summed E-state index contributed by atoms with van der Waals surface area (Å²) >= 11 is 0. The van der Waals surface area contributed by atoms with E-state index >= 15 is 0 Å². The Kier molecular flexibility index (Phi) is 24.8. The number of ether oxygens (including phenoxy) is 9. The summed E-state index contributed by atoms with van der Waals surface area (Å²) in [5.74, 6) is -2.36. The van der Waals surface area contributed by atoms with Crippen molar-refractivity contribution in [3.8, 4) is 0 Å². The highest BCUT2D eigenvalue weighted by Crippen LogP contribution is 2.01. The van der Waals surface area contributed by atoms with Gasteiger partial charge in [0.15, 0.2) is 11.6 Å². The summed E-state index contributed by atoms with van der Waals surface area (Å²) in [4.78, 5) is 42.9. The monoisotopic (exact) mass is 570 g/mol. The molecule has 0 amide bonds. The van der Waals surface area contributed by atoms with Gasteiger partial charge in [-0.1, -0.05) is 0 Å². The molecule has 15 nitrogen and oxygen atoms in total. The molecule has 0 aliphatic rings. The van der Waals surface area contributed by atoms with Gasteiger partial charge < -0.3 is 52.8 Å². The number of carboxylic acid groups (broad SMARTS) is 2. The maximum atomic E-state index is 11.0. The molecule has 0 heterocycles. The molecule has 0 rings (SSSR count). The van der Waals surface area contributed by atoms with Gasteiger partial charge in [0.25, 0.3) is 0 Å². The van der Waals surface area contributed by atoms with E-state index in [9.17, 15) is 19.2 Å². The number of Topliss-reactive ketones (excluding diaryl/α,β-unsaturated/α-hetero) is 2. The minimum atomic E-state index is -1.07. The smallest absolute Gasteiger partial charge is 0.329 e. The van der Waals surface area contributed by atoms with E-state index in [1.807, 2.05) is 0 Å². The molecule has 0 fully saturated rings. The van der Waals surface area contributed by atoms with Crippen molar-refractivity contribution in [2.24, 2.45) is 0 Å². The Balaban J connectivity index is 4.58. The van der Waals surface area contributed by atoms with Crippen LogP contribution in [0.2, 0.25) is 0 Å². The average Bonchev–Trinajstić information content (AvgIpc) is 2.86. The summed E-state index contributed by atoms with van der Waals surface area (Å²) in [5.41, 5.74) is 0. The fraction of sp³-hybridized carbons (Fsp3) is 0.833. The molecule has 0 spiro atoms. The minimum absolute atomic E-state index is 0.0154. The van der Waals surface area contributed by atoms with E-state index in [1.54, 1.807) is 0 Å². The molecule has 15 heteroatoms. The van der Waals surface area contributed by atoms with Crippen molar-refractivity contribution < 1.29 is 72.0 Å². The zero-order valence-electron chi connectivity index (χ0n) is 22.7. The number of carbonyl (C=O) groups is 4. The first-order chi connectivity index (χ1) is 18.7. The average molecular weight is 571 g/mol. The van der Waals surface area contributed by atoms with Gasteiger partial charge >= 0.3 is 11.9 Å². The lowest BCUT2D eigenvalue weighted by Crippen LogP contribution is -2.33. The molecule has 39 heavy (non-hydrogen) atoms. The third-order valence-electron chi connectivity index (χ3n) is 4.18. The first-order valence-corrected chi connectivity index (χ1v) is 12.4. The SMILES string of the molecule is CC(=O)COCCOC(COCCOCC(=O)O)COCC(COCCOCC(=O)O)OCCOCC(C)=O.